The van der Waals surface area contributed by atoms with Crippen LogP contribution >= 0.6 is 0 Å². The third-order valence-corrected chi connectivity index (χ3v) is 3.19. The van der Waals surface area contributed by atoms with Gasteiger partial charge in [0.05, 0.1) is 11.0 Å². The lowest BCUT2D eigenvalue weighted by molar-refractivity contribution is 0.178. The molecule has 2 aromatic rings. The molecule has 2 unspecified atom stereocenters. The van der Waals surface area contributed by atoms with Crippen LogP contribution in [0.5, 0.6) is 6.01 Å². The molecule has 1 heterocycles. The molecule has 0 amide bonds. The first kappa shape index (κ1) is 10.5. The fourth-order valence-corrected chi connectivity index (χ4v) is 2.26. The van der Waals surface area contributed by atoms with Crippen molar-refractivity contribution in [1.29, 1.82) is 0 Å². The van der Waals surface area contributed by atoms with Gasteiger partial charge in [-0.1, -0.05) is 0 Å². The summed E-state index contributed by atoms with van der Waals surface area (Å²) in [7, 11) is 0. The van der Waals surface area contributed by atoms with E-state index < -0.39 is 0 Å². The summed E-state index contributed by atoms with van der Waals surface area (Å²) in [5.41, 5.74) is 7.27. The fourth-order valence-electron chi connectivity index (χ4n) is 2.26. The molecule has 1 saturated carbocycles. The van der Waals surface area contributed by atoms with Gasteiger partial charge in [-0.2, -0.15) is 4.98 Å². The minimum Gasteiger partial charge on any atom is -0.460 e. The highest BCUT2D eigenvalue weighted by Gasteiger charge is 2.26. The average Bonchev–Trinajstić information content (AvgIpc) is 2.85. The van der Waals surface area contributed by atoms with Gasteiger partial charge in [0.15, 0.2) is 0 Å². The van der Waals surface area contributed by atoms with E-state index >= 15 is 0 Å². The Bertz CT molecular complexity index is 540. The molecule has 4 nitrogen and oxygen atoms in total. The van der Waals surface area contributed by atoms with E-state index in [0.29, 0.717) is 17.0 Å². The molecule has 1 fully saturated rings. The number of H-pyrrole nitrogens is 1. The second-order valence-electron chi connectivity index (χ2n) is 4.45. The van der Waals surface area contributed by atoms with Crippen LogP contribution in [0.2, 0.25) is 0 Å². The number of ether oxygens (including phenoxy) is 1. The fraction of sp³-hybridized carbons (Fsp3) is 0.417. The molecule has 1 aromatic heterocycles. The zero-order chi connectivity index (χ0) is 11.8. The lowest BCUT2D eigenvalue weighted by Crippen LogP contribution is -2.33. The highest BCUT2D eigenvalue weighted by atomic mass is 19.1. The number of hydrogen-bond acceptors (Lipinski definition) is 3. The molecule has 0 radical (unpaired) electrons. The smallest absolute Gasteiger partial charge is 0.294 e. The van der Waals surface area contributed by atoms with Crippen LogP contribution in [0.15, 0.2) is 18.2 Å². The number of fused-ring (bicyclic) bond motifs is 1. The monoisotopic (exact) mass is 235 g/mol. The summed E-state index contributed by atoms with van der Waals surface area (Å²) in [5.74, 6) is -0.287. The average molecular weight is 235 g/mol. The van der Waals surface area contributed by atoms with E-state index in [-0.39, 0.29) is 18.0 Å². The molecule has 3 rings (SSSR count). The first-order chi connectivity index (χ1) is 8.22. The van der Waals surface area contributed by atoms with Crippen LogP contribution in [0.3, 0.4) is 0 Å². The zero-order valence-corrected chi connectivity index (χ0v) is 9.32. The van der Waals surface area contributed by atoms with Crippen LogP contribution < -0.4 is 10.5 Å². The van der Waals surface area contributed by atoms with Crippen LogP contribution in [0, 0.1) is 5.82 Å². The van der Waals surface area contributed by atoms with Gasteiger partial charge in [-0.05, 0) is 37.5 Å². The molecule has 3 N–H and O–H groups in total. The van der Waals surface area contributed by atoms with E-state index in [1.165, 1.54) is 12.1 Å². The Balaban J connectivity index is 1.85. The Labute approximate surface area is 98.0 Å². The van der Waals surface area contributed by atoms with Gasteiger partial charge in [0, 0.05) is 6.04 Å². The summed E-state index contributed by atoms with van der Waals surface area (Å²) in [4.78, 5) is 7.21. The summed E-state index contributed by atoms with van der Waals surface area (Å²) in [6.07, 6.45) is 3.03. The molecule has 0 saturated heterocycles. The Kier molecular flexibility index (Phi) is 2.48. The van der Waals surface area contributed by atoms with Crippen molar-refractivity contribution in [2.75, 3.05) is 0 Å². The first-order valence-corrected chi connectivity index (χ1v) is 5.80. The molecule has 0 spiro atoms. The number of aromatic amines is 1. The van der Waals surface area contributed by atoms with E-state index in [2.05, 4.69) is 9.97 Å². The topological polar surface area (TPSA) is 63.9 Å². The van der Waals surface area contributed by atoms with E-state index in [1.807, 2.05) is 0 Å². The molecule has 0 aliphatic heterocycles. The maximum atomic E-state index is 13.0. The summed E-state index contributed by atoms with van der Waals surface area (Å²) >= 11 is 0. The van der Waals surface area contributed by atoms with Crippen molar-refractivity contribution in [3.63, 3.8) is 0 Å². The lowest BCUT2D eigenvalue weighted by Gasteiger charge is -2.15. The number of nitrogens with one attached hydrogen (secondary N) is 1. The molecular weight excluding hydrogens is 221 g/mol. The van der Waals surface area contributed by atoms with Crippen molar-refractivity contribution in [3.05, 3.63) is 24.0 Å². The van der Waals surface area contributed by atoms with Crippen molar-refractivity contribution < 1.29 is 9.13 Å². The lowest BCUT2D eigenvalue weighted by atomic mass is 10.2. The summed E-state index contributed by atoms with van der Waals surface area (Å²) in [6, 6.07) is 4.91. The highest BCUT2D eigenvalue weighted by Crippen LogP contribution is 2.23. The summed E-state index contributed by atoms with van der Waals surface area (Å²) in [6.45, 7) is 0. The molecule has 2 atom stereocenters. The van der Waals surface area contributed by atoms with Gasteiger partial charge in [-0.25, -0.2) is 4.39 Å². The quantitative estimate of drug-likeness (QED) is 0.836. The maximum Gasteiger partial charge on any atom is 0.294 e. The second kappa shape index (κ2) is 4.00. The number of hydrogen-bond donors (Lipinski definition) is 2. The van der Waals surface area contributed by atoms with E-state index in [0.717, 1.165) is 19.3 Å². The number of halogens is 1. The minimum atomic E-state index is -0.287. The van der Waals surface area contributed by atoms with Crippen LogP contribution in [-0.4, -0.2) is 22.1 Å². The second-order valence-corrected chi connectivity index (χ2v) is 4.45. The van der Waals surface area contributed by atoms with Crippen LogP contribution in [0.1, 0.15) is 19.3 Å². The number of nitrogens with two attached hydrogens (primary N) is 1. The van der Waals surface area contributed by atoms with Crippen molar-refractivity contribution in [2.24, 2.45) is 5.73 Å². The van der Waals surface area contributed by atoms with Crippen molar-refractivity contribution in [3.8, 4) is 6.01 Å². The van der Waals surface area contributed by atoms with Crippen LogP contribution in [0.4, 0.5) is 4.39 Å². The standard InChI is InChI=1S/C12H14FN3O/c13-7-4-5-9-10(6-7)16-12(15-9)17-11-3-1-2-8(11)14/h4-6,8,11H,1-3,14H2,(H,15,16). The van der Waals surface area contributed by atoms with E-state index in [4.69, 9.17) is 10.5 Å². The third kappa shape index (κ3) is 1.98. The summed E-state index contributed by atoms with van der Waals surface area (Å²) in [5, 5.41) is 0. The Morgan fingerprint density at radius 1 is 1.41 bits per heavy atom. The molecule has 90 valence electrons. The largest absolute Gasteiger partial charge is 0.460 e. The van der Waals surface area contributed by atoms with E-state index in [9.17, 15) is 4.39 Å². The number of imidazole rings is 1. The Morgan fingerprint density at radius 3 is 3.06 bits per heavy atom. The molecule has 1 aliphatic rings. The molecule has 17 heavy (non-hydrogen) atoms. The van der Waals surface area contributed by atoms with Crippen molar-refractivity contribution in [2.45, 2.75) is 31.4 Å². The van der Waals surface area contributed by atoms with Crippen LogP contribution in [0.25, 0.3) is 11.0 Å². The van der Waals surface area contributed by atoms with E-state index in [1.54, 1.807) is 6.07 Å². The molecule has 1 aliphatic carbocycles. The molecule has 1 aromatic carbocycles. The van der Waals surface area contributed by atoms with Crippen LogP contribution in [-0.2, 0) is 0 Å². The van der Waals surface area contributed by atoms with Gasteiger partial charge in [-0.15, -0.1) is 0 Å². The number of aromatic nitrogens is 2. The summed E-state index contributed by atoms with van der Waals surface area (Å²) < 4.78 is 18.7. The third-order valence-electron chi connectivity index (χ3n) is 3.19. The van der Waals surface area contributed by atoms with Gasteiger partial charge in [0.1, 0.15) is 11.9 Å². The van der Waals surface area contributed by atoms with Crippen molar-refractivity contribution >= 4 is 11.0 Å². The number of benzene rings is 1. The van der Waals surface area contributed by atoms with Gasteiger partial charge < -0.3 is 15.5 Å². The minimum absolute atomic E-state index is 0.0143. The SMILES string of the molecule is NC1CCCC1Oc1nc2ccc(F)cc2[nH]1. The highest BCUT2D eigenvalue weighted by molar-refractivity contribution is 5.75. The molecule has 5 heteroatoms. The first-order valence-electron chi connectivity index (χ1n) is 5.80. The van der Waals surface area contributed by atoms with Gasteiger partial charge in [0.2, 0.25) is 0 Å². The van der Waals surface area contributed by atoms with Gasteiger partial charge >= 0.3 is 0 Å². The molecular formula is C12H14FN3O. The predicted octanol–water partition coefficient (Wildman–Crippen LogP) is 1.96. The normalized spacial score (nSPS) is 24.4. The van der Waals surface area contributed by atoms with Gasteiger partial charge in [-0.3, -0.25) is 0 Å². The Hall–Kier alpha value is -1.62. The van der Waals surface area contributed by atoms with Crippen molar-refractivity contribution in [1.82, 2.24) is 9.97 Å². The predicted molar refractivity (Wildman–Crippen MR) is 62.3 cm³/mol. The number of rotatable bonds is 2. The zero-order valence-electron chi connectivity index (χ0n) is 9.32. The maximum absolute atomic E-state index is 13.0. The molecule has 0 bridgehead atoms. The number of nitrogens with zero attached hydrogens (tertiary/aromatic N) is 1. The Morgan fingerprint density at radius 2 is 2.29 bits per heavy atom. The van der Waals surface area contributed by atoms with Gasteiger partial charge in [0.25, 0.3) is 6.01 Å².